The smallest absolute Gasteiger partial charge is 1.00 e. The van der Waals surface area contributed by atoms with Crippen molar-refractivity contribution in [2.24, 2.45) is 0 Å². The number of rotatable bonds is 2. The number of hydrogen-bond acceptors (Lipinski definition) is 6. The Kier molecular flexibility index (Phi) is 14.3. The fourth-order valence-electron chi connectivity index (χ4n) is 4.32. The van der Waals surface area contributed by atoms with Crippen LogP contribution in [0.4, 0.5) is 11.4 Å². The van der Waals surface area contributed by atoms with E-state index in [4.69, 9.17) is 8.83 Å². The molecule has 0 aromatic heterocycles. The summed E-state index contributed by atoms with van der Waals surface area (Å²) in [6.07, 6.45) is 0. The zero-order valence-electron chi connectivity index (χ0n) is 26.3. The summed E-state index contributed by atoms with van der Waals surface area (Å²) < 4.78 is 16.1. The molecule has 0 spiro atoms. The number of halogens is 3. The van der Waals surface area contributed by atoms with E-state index >= 15 is 0 Å². The van der Waals surface area contributed by atoms with Crippen LogP contribution < -0.4 is 66.9 Å². The Balaban J connectivity index is 0.000000403. The van der Waals surface area contributed by atoms with Crippen molar-refractivity contribution >= 4 is 33.6 Å². The van der Waals surface area contributed by atoms with Crippen molar-refractivity contribution in [2.45, 2.75) is 0 Å². The largest absolute Gasteiger partial charge is 2.00 e. The van der Waals surface area contributed by atoms with Crippen LogP contribution in [0.5, 0.6) is 0 Å². The van der Waals surface area contributed by atoms with Crippen molar-refractivity contribution in [2.75, 3.05) is 66.2 Å². The number of hydrogen-bond donors (Lipinski definition) is 0. The summed E-state index contributed by atoms with van der Waals surface area (Å²) in [5.74, 6) is 1.61. The first kappa shape index (κ1) is 38.8. The molecule has 2 aromatic carbocycles. The number of aromatic nitrogens is 2. The summed E-state index contributed by atoms with van der Waals surface area (Å²) in [5, 5.41) is 2.21. The quantitative estimate of drug-likeness (QED) is 0.102. The van der Waals surface area contributed by atoms with Crippen LogP contribution in [0.2, 0.25) is 0 Å². The molecule has 0 N–H and O–H groups in total. The van der Waals surface area contributed by atoms with Gasteiger partial charge < -0.3 is 55.9 Å². The van der Waals surface area contributed by atoms with E-state index in [1.54, 1.807) is 0 Å². The molecular formula is C32H36Cl3N6O2Zn+. The van der Waals surface area contributed by atoms with Crippen LogP contribution in [0.3, 0.4) is 0 Å². The minimum Gasteiger partial charge on any atom is -1.00 e. The molecule has 0 bridgehead atoms. The molecule has 0 saturated carbocycles. The molecule has 12 heteroatoms. The minimum absolute atomic E-state index is 0. The van der Waals surface area contributed by atoms with Crippen LogP contribution in [-0.2, 0) is 19.5 Å². The molecule has 0 unspecified atom stereocenters. The van der Waals surface area contributed by atoms with Crippen LogP contribution in [0.1, 0.15) is 0 Å². The molecule has 0 saturated heterocycles. The first-order chi connectivity index (χ1) is 19.1. The average molecular weight is 708 g/mol. The Morgan fingerprint density at radius 3 is 1.20 bits per heavy atom. The standard InChI is InChI=1S/2C16H18N3O.3ClH.Zn/c2*1-18(2)11-5-7-13-15(9-11)20-16-10-12(19(3)4)6-8-14(16)17-13;;;;/h2*5-10H,1-4H3;3*1H;/q2*+1;;;;+2/p-3. The van der Waals surface area contributed by atoms with Gasteiger partial charge in [0, 0.05) is 63.8 Å². The zero-order valence-corrected chi connectivity index (χ0v) is 31.5. The van der Waals surface area contributed by atoms with Gasteiger partial charge >= 0.3 is 19.5 Å². The van der Waals surface area contributed by atoms with Gasteiger partial charge in [-0.3, -0.25) is 0 Å². The molecular weight excluding hydrogens is 672 g/mol. The van der Waals surface area contributed by atoms with Gasteiger partial charge in [-0.25, -0.2) is 19.1 Å². The second-order valence-corrected chi connectivity index (χ2v) is 10.6. The zero-order chi connectivity index (χ0) is 28.6. The molecule has 0 fully saturated rings. The number of fused-ring (bicyclic) bond motifs is 4. The molecule has 2 heterocycles. The van der Waals surface area contributed by atoms with Gasteiger partial charge in [0.25, 0.3) is 0 Å². The van der Waals surface area contributed by atoms with Crippen molar-refractivity contribution in [3.05, 3.63) is 83.5 Å². The Hall–Kier alpha value is -3.23. The minimum atomic E-state index is 0. The van der Waals surface area contributed by atoms with Crippen molar-refractivity contribution in [1.82, 2.24) is 19.1 Å². The summed E-state index contributed by atoms with van der Waals surface area (Å²) in [6.45, 7) is 0. The summed E-state index contributed by atoms with van der Waals surface area (Å²) >= 11 is 0. The van der Waals surface area contributed by atoms with Crippen LogP contribution >= 0.6 is 0 Å². The van der Waals surface area contributed by atoms with Gasteiger partial charge in [0.2, 0.25) is 10.7 Å². The van der Waals surface area contributed by atoms with E-state index in [1.165, 1.54) is 0 Å². The molecule has 2 aliphatic heterocycles. The van der Waals surface area contributed by atoms with E-state index in [2.05, 4.69) is 28.9 Å². The van der Waals surface area contributed by atoms with E-state index in [9.17, 15) is 0 Å². The van der Waals surface area contributed by atoms with Crippen molar-refractivity contribution in [1.29, 1.82) is 0 Å². The molecule has 8 nitrogen and oxygen atoms in total. The third kappa shape index (κ3) is 8.48. The van der Waals surface area contributed by atoms with Crippen molar-refractivity contribution in [3.63, 3.8) is 0 Å². The summed E-state index contributed by atoms with van der Waals surface area (Å²) in [4.78, 5) is 13.4. The van der Waals surface area contributed by atoms with Crippen molar-refractivity contribution in [3.8, 4) is 22.9 Å². The van der Waals surface area contributed by atoms with Gasteiger partial charge in [0.1, 0.15) is 50.6 Å². The normalized spacial score (nSPS) is 10.0. The fourth-order valence-corrected chi connectivity index (χ4v) is 4.32. The van der Waals surface area contributed by atoms with E-state index in [0.717, 1.165) is 67.2 Å². The van der Waals surface area contributed by atoms with Crippen LogP contribution in [0, 0.1) is 0 Å². The second-order valence-electron chi connectivity index (χ2n) is 10.6. The number of benzene rings is 4. The Labute approximate surface area is 289 Å². The molecule has 228 valence electrons. The molecule has 4 aliphatic rings. The van der Waals surface area contributed by atoms with Gasteiger partial charge in [-0.05, 0) is 36.4 Å². The molecule has 0 radical (unpaired) electrons. The Morgan fingerprint density at radius 1 is 0.523 bits per heavy atom. The molecule has 44 heavy (non-hydrogen) atoms. The summed E-state index contributed by atoms with van der Waals surface area (Å²) in [6, 6.07) is 24.2. The van der Waals surface area contributed by atoms with Gasteiger partial charge in [0.15, 0.2) is 22.7 Å². The van der Waals surface area contributed by atoms with E-state index < -0.39 is 0 Å². The molecule has 2 aromatic rings. The van der Waals surface area contributed by atoms with Crippen LogP contribution in [0.25, 0.3) is 45.1 Å². The van der Waals surface area contributed by atoms with Gasteiger partial charge in [0.05, 0.1) is 12.1 Å². The van der Waals surface area contributed by atoms with Crippen molar-refractivity contribution < 1.29 is 65.5 Å². The first-order valence-electron chi connectivity index (χ1n) is 13.1. The predicted octanol–water partition coefficient (Wildman–Crippen LogP) is -4.93. The third-order valence-corrected chi connectivity index (χ3v) is 6.76. The monoisotopic (exact) mass is 705 g/mol. The second kappa shape index (κ2) is 16.2. The number of anilines is 2. The Bertz CT molecular complexity index is 1790. The van der Waals surface area contributed by atoms with Gasteiger partial charge in [-0.15, -0.1) is 0 Å². The van der Waals surface area contributed by atoms with E-state index in [0.29, 0.717) is 0 Å². The maximum Gasteiger partial charge on any atom is 2.00 e. The topological polar surface area (TPSA) is 64.6 Å². The van der Waals surface area contributed by atoms with Gasteiger partial charge in [-0.2, -0.15) is 0 Å². The Morgan fingerprint density at radius 2 is 0.886 bits per heavy atom. The number of nitrogens with zero attached hydrogens (tertiary/aromatic N) is 6. The third-order valence-electron chi connectivity index (χ3n) is 6.76. The SMILES string of the molecule is CN(C)c1ccc2nc3ccc(=[N+](C)C)cc-3oc2c1.CN(C)c1ccc2nc3ccc(=[N+](C)C)cc-3oc2c1.[Cl-].[Cl-].[Cl-].[Zn+2]. The maximum absolute atomic E-state index is 6.01. The van der Waals surface area contributed by atoms with Crippen LogP contribution in [-0.4, -0.2) is 66.3 Å². The predicted molar refractivity (Wildman–Crippen MR) is 164 cm³/mol. The first-order valence-corrected chi connectivity index (χ1v) is 13.1. The molecule has 6 rings (SSSR count). The van der Waals surface area contributed by atoms with E-state index in [1.807, 2.05) is 129 Å². The molecule has 2 aliphatic carbocycles. The molecule has 0 amide bonds. The molecule has 0 atom stereocenters. The summed E-state index contributed by atoms with van der Waals surface area (Å²) in [5.41, 5.74) is 7.32. The van der Waals surface area contributed by atoms with E-state index in [-0.39, 0.29) is 56.7 Å². The van der Waals surface area contributed by atoms with Crippen LogP contribution in [0.15, 0.2) is 81.6 Å². The summed E-state index contributed by atoms with van der Waals surface area (Å²) in [7, 11) is 16.1. The fraction of sp³-hybridized carbons (Fsp3) is 0.250. The maximum atomic E-state index is 6.01. The van der Waals surface area contributed by atoms with Gasteiger partial charge in [-0.1, -0.05) is 0 Å². The average Bonchev–Trinajstić information content (AvgIpc) is 2.93.